The Hall–Kier alpha value is -2.11. The number of allylic oxidation sites excluding steroid dienone is 2. The van der Waals surface area contributed by atoms with Crippen LogP contribution in [-0.4, -0.2) is 40.6 Å². The van der Waals surface area contributed by atoms with Crippen molar-refractivity contribution in [3.63, 3.8) is 0 Å². The molecule has 4 atom stereocenters. The highest BCUT2D eigenvalue weighted by atomic mass is 35.5. The number of hydrogen-bond donors (Lipinski definition) is 1. The van der Waals surface area contributed by atoms with E-state index in [1.54, 1.807) is 17.0 Å². The van der Waals surface area contributed by atoms with E-state index in [1.807, 2.05) is 6.07 Å². The zero-order chi connectivity index (χ0) is 25.4. The monoisotopic (exact) mass is 511 g/mol. The van der Waals surface area contributed by atoms with Crippen molar-refractivity contribution in [1.29, 1.82) is 0 Å². The lowest BCUT2D eigenvalue weighted by molar-refractivity contribution is -0.143. The minimum atomic E-state index is -0.246. The Morgan fingerprint density at radius 1 is 1.14 bits per heavy atom. The van der Waals surface area contributed by atoms with Crippen LogP contribution in [0, 0.1) is 17.8 Å². The SMILES string of the molecule is CCC/C(=C\c1ccc(O)cc1Cl)CC[C@H]1OC[C@H]2C1=C(C)C[C@H]1C(=O)N(C3CCCCC3)C(=O)[C@H]12. The second-order valence-corrected chi connectivity index (χ2v) is 11.5. The number of ether oxygens (including phenoxy) is 1. The third-order valence-corrected chi connectivity index (χ3v) is 9.10. The van der Waals surface area contributed by atoms with E-state index in [9.17, 15) is 14.7 Å². The molecule has 2 aliphatic heterocycles. The minimum absolute atomic E-state index is 0.00173. The number of rotatable bonds is 7. The molecule has 4 aliphatic rings. The fraction of sp³-hybridized carbons (Fsp3) is 0.600. The number of halogens is 1. The van der Waals surface area contributed by atoms with Crippen molar-refractivity contribution in [2.24, 2.45) is 17.8 Å². The molecule has 6 heteroatoms. The molecule has 0 bridgehead atoms. The van der Waals surface area contributed by atoms with Gasteiger partial charge in [-0.3, -0.25) is 14.5 Å². The number of aromatic hydroxyl groups is 1. The molecule has 2 aliphatic carbocycles. The summed E-state index contributed by atoms with van der Waals surface area (Å²) in [4.78, 5) is 28.7. The molecule has 1 N–H and O–H groups in total. The van der Waals surface area contributed by atoms with Crippen molar-refractivity contribution >= 4 is 29.5 Å². The Labute approximate surface area is 219 Å². The van der Waals surface area contributed by atoms with E-state index in [1.165, 1.54) is 23.1 Å². The summed E-state index contributed by atoms with van der Waals surface area (Å²) in [6.45, 7) is 4.84. The fourth-order valence-electron chi connectivity index (χ4n) is 7.11. The predicted octanol–water partition coefficient (Wildman–Crippen LogP) is 6.68. The number of hydrogen-bond acceptors (Lipinski definition) is 4. The Morgan fingerprint density at radius 3 is 2.64 bits per heavy atom. The lowest BCUT2D eigenvalue weighted by Crippen LogP contribution is -2.42. The molecule has 1 aromatic carbocycles. The van der Waals surface area contributed by atoms with Crippen molar-refractivity contribution in [2.45, 2.75) is 90.2 Å². The molecule has 2 amide bonds. The molecule has 2 heterocycles. The van der Waals surface area contributed by atoms with Crippen LogP contribution in [0.2, 0.25) is 5.02 Å². The molecule has 0 unspecified atom stereocenters. The molecule has 2 saturated heterocycles. The Kier molecular flexibility index (Phi) is 7.60. The number of benzene rings is 1. The summed E-state index contributed by atoms with van der Waals surface area (Å²) < 4.78 is 6.33. The first-order chi connectivity index (χ1) is 17.4. The van der Waals surface area contributed by atoms with Gasteiger partial charge in [-0.05, 0) is 74.8 Å². The molecule has 5 rings (SSSR count). The van der Waals surface area contributed by atoms with Gasteiger partial charge in [-0.2, -0.15) is 0 Å². The first-order valence-electron chi connectivity index (χ1n) is 13.7. The van der Waals surface area contributed by atoms with Gasteiger partial charge < -0.3 is 9.84 Å². The van der Waals surface area contributed by atoms with Crippen molar-refractivity contribution in [3.05, 3.63) is 45.5 Å². The van der Waals surface area contributed by atoms with Crippen LogP contribution in [0.15, 0.2) is 34.9 Å². The van der Waals surface area contributed by atoms with Gasteiger partial charge in [-0.25, -0.2) is 0 Å². The van der Waals surface area contributed by atoms with Crippen LogP contribution in [0.4, 0.5) is 0 Å². The number of carbonyl (C=O) groups excluding carboxylic acids is 2. The highest BCUT2D eigenvalue weighted by Gasteiger charge is 2.57. The topological polar surface area (TPSA) is 66.8 Å². The van der Waals surface area contributed by atoms with Crippen molar-refractivity contribution in [2.75, 3.05) is 6.61 Å². The number of likely N-dealkylation sites (tertiary alicyclic amines) is 1. The smallest absolute Gasteiger partial charge is 0.234 e. The Balaban J connectivity index is 1.31. The number of imide groups is 1. The number of carbonyl (C=O) groups is 2. The van der Waals surface area contributed by atoms with Gasteiger partial charge >= 0.3 is 0 Å². The Bertz CT molecular complexity index is 1090. The van der Waals surface area contributed by atoms with Gasteiger partial charge in [0.05, 0.1) is 29.6 Å². The molecular weight excluding hydrogens is 474 g/mol. The summed E-state index contributed by atoms with van der Waals surface area (Å²) in [5.74, 6) is -0.127. The number of phenolic OH excluding ortho intramolecular Hbond substituents is 1. The summed E-state index contributed by atoms with van der Waals surface area (Å²) in [6.07, 6.45) is 11.9. The molecule has 0 spiro atoms. The first kappa shape index (κ1) is 25.5. The van der Waals surface area contributed by atoms with Crippen LogP contribution in [-0.2, 0) is 14.3 Å². The molecule has 36 heavy (non-hydrogen) atoms. The van der Waals surface area contributed by atoms with Gasteiger partial charge in [0.25, 0.3) is 0 Å². The van der Waals surface area contributed by atoms with E-state index in [4.69, 9.17) is 16.3 Å². The zero-order valence-electron chi connectivity index (χ0n) is 21.5. The van der Waals surface area contributed by atoms with E-state index in [0.29, 0.717) is 18.1 Å². The highest BCUT2D eigenvalue weighted by molar-refractivity contribution is 6.32. The zero-order valence-corrected chi connectivity index (χ0v) is 22.2. The van der Waals surface area contributed by atoms with Crippen LogP contribution in [0.3, 0.4) is 0 Å². The Morgan fingerprint density at radius 2 is 1.92 bits per heavy atom. The maximum Gasteiger partial charge on any atom is 0.234 e. The van der Waals surface area contributed by atoms with E-state index < -0.39 is 0 Å². The summed E-state index contributed by atoms with van der Waals surface area (Å²) in [7, 11) is 0. The van der Waals surface area contributed by atoms with Gasteiger partial charge in [-0.15, -0.1) is 0 Å². The van der Waals surface area contributed by atoms with Crippen LogP contribution in [0.1, 0.15) is 83.6 Å². The van der Waals surface area contributed by atoms with Gasteiger partial charge in [0.15, 0.2) is 0 Å². The van der Waals surface area contributed by atoms with Crippen molar-refractivity contribution < 1.29 is 19.4 Å². The summed E-state index contributed by atoms with van der Waals surface area (Å²) in [6, 6.07) is 5.18. The molecule has 0 aromatic heterocycles. The maximum absolute atomic E-state index is 13.6. The quantitative estimate of drug-likeness (QED) is 0.327. The van der Waals surface area contributed by atoms with Gasteiger partial charge in [0.2, 0.25) is 11.8 Å². The maximum atomic E-state index is 13.6. The second kappa shape index (κ2) is 10.7. The number of amides is 2. The molecule has 5 nitrogen and oxygen atoms in total. The first-order valence-corrected chi connectivity index (χ1v) is 14.1. The van der Waals surface area contributed by atoms with Crippen LogP contribution >= 0.6 is 11.6 Å². The summed E-state index contributed by atoms with van der Waals surface area (Å²) >= 11 is 6.36. The van der Waals surface area contributed by atoms with Crippen molar-refractivity contribution in [1.82, 2.24) is 4.90 Å². The van der Waals surface area contributed by atoms with Crippen LogP contribution in [0.25, 0.3) is 6.08 Å². The highest BCUT2D eigenvalue weighted by Crippen LogP contribution is 2.50. The van der Waals surface area contributed by atoms with Gasteiger partial charge in [0.1, 0.15) is 5.75 Å². The normalized spacial score (nSPS) is 29.2. The number of fused-ring (bicyclic) bond motifs is 3. The average molecular weight is 512 g/mol. The third kappa shape index (κ3) is 4.77. The molecule has 194 valence electrons. The summed E-state index contributed by atoms with van der Waals surface area (Å²) in [5.41, 5.74) is 4.75. The molecule has 3 fully saturated rings. The van der Waals surface area contributed by atoms with E-state index in [0.717, 1.165) is 56.9 Å². The van der Waals surface area contributed by atoms with Crippen LogP contribution in [0.5, 0.6) is 5.75 Å². The lowest BCUT2D eigenvalue weighted by atomic mass is 9.70. The second-order valence-electron chi connectivity index (χ2n) is 11.1. The van der Waals surface area contributed by atoms with E-state index in [-0.39, 0.29) is 47.5 Å². The molecule has 0 radical (unpaired) electrons. The van der Waals surface area contributed by atoms with Gasteiger partial charge in [0, 0.05) is 12.0 Å². The largest absolute Gasteiger partial charge is 0.508 e. The minimum Gasteiger partial charge on any atom is -0.508 e. The van der Waals surface area contributed by atoms with Crippen LogP contribution < -0.4 is 0 Å². The lowest BCUT2D eigenvalue weighted by Gasteiger charge is -2.31. The van der Waals surface area contributed by atoms with E-state index >= 15 is 0 Å². The number of nitrogens with zero attached hydrogens (tertiary/aromatic N) is 1. The average Bonchev–Trinajstić information content (AvgIpc) is 3.39. The number of phenols is 1. The third-order valence-electron chi connectivity index (χ3n) is 8.77. The predicted molar refractivity (Wildman–Crippen MR) is 141 cm³/mol. The molecule has 1 saturated carbocycles. The van der Waals surface area contributed by atoms with Gasteiger partial charge in [-0.1, -0.05) is 61.4 Å². The molecular formula is C30H38ClNO4. The fourth-order valence-corrected chi connectivity index (χ4v) is 7.34. The molecule has 1 aromatic rings. The summed E-state index contributed by atoms with van der Waals surface area (Å²) in [5, 5.41) is 10.2. The van der Waals surface area contributed by atoms with Crippen molar-refractivity contribution in [3.8, 4) is 5.75 Å². The van der Waals surface area contributed by atoms with E-state index in [2.05, 4.69) is 19.9 Å². The standard InChI is InChI=1S/C30H38ClNO4/c1-3-7-19(15-20-11-12-22(33)16-25(20)31)10-13-26-27-18(2)14-23-28(24(27)17-36-26)30(35)32(29(23)34)21-8-5-4-6-9-21/h11-12,15-16,21,23-24,26,28,33H,3-10,13-14,17H2,1-2H3/b19-15+/t23-,24+,26-,28-/m1/s1.